The minimum Gasteiger partial charge on any atom is -0.299 e. The maximum Gasteiger partial charge on any atom is 0.510 e. The smallest absolute Gasteiger partial charge is 0.299 e. The van der Waals surface area contributed by atoms with Crippen LogP contribution in [0.4, 0.5) is 4.20 Å². The Morgan fingerprint density at radius 3 is 1.89 bits per heavy atom. The fourth-order valence-electron chi connectivity index (χ4n) is 0.338. The first-order valence-corrected chi connectivity index (χ1v) is 3.91. The maximum atomic E-state index is 11.8. The number of hydrogen-bond acceptors (Lipinski definition) is 2. The molecule has 0 amide bonds. The molecule has 1 atom stereocenters. The Morgan fingerprint density at radius 2 is 1.89 bits per heavy atom. The highest BCUT2D eigenvalue weighted by molar-refractivity contribution is 7.47. The van der Waals surface area contributed by atoms with Crippen LogP contribution in [0.1, 0.15) is 20.8 Å². The zero-order chi connectivity index (χ0) is 7.71. The average molecular weight is 156 g/mol. The number of halogens is 1. The molecule has 0 spiro atoms. The molecule has 0 saturated heterocycles. The second kappa shape index (κ2) is 2.37. The van der Waals surface area contributed by atoms with Gasteiger partial charge in [0.25, 0.3) is 0 Å². The molecule has 0 aromatic carbocycles. The molecule has 0 rings (SSSR count). The quantitative estimate of drug-likeness (QED) is 0.589. The molecular formula is C4H10FO3P. The van der Waals surface area contributed by atoms with Crippen LogP contribution >= 0.6 is 7.91 Å². The van der Waals surface area contributed by atoms with E-state index in [1.807, 2.05) is 0 Å². The molecule has 1 unspecified atom stereocenters. The molecule has 56 valence electrons. The van der Waals surface area contributed by atoms with Crippen molar-refractivity contribution < 1.29 is 18.2 Å². The van der Waals surface area contributed by atoms with Gasteiger partial charge in [0.2, 0.25) is 0 Å². The predicted molar refractivity (Wildman–Crippen MR) is 31.8 cm³/mol. The van der Waals surface area contributed by atoms with E-state index in [0.717, 1.165) is 0 Å². The van der Waals surface area contributed by atoms with E-state index >= 15 is 0 Å². The summed E-state index contributed by atoms with van der Waals surface area (Å²) >= 11 is 0. The van der Waals surface area contributed by atoms with Crippen molar-refractivity contribution in [1.82, 2.24) is 0 Å². The summed E-state index contributed by atoms with van der Waals surface area (Å²) in [5.41, 5.74) is -0.904. The van der Waals surface area contributed by atoms with Crippen LogP contribution in [0.5, 0.6) is 0 Å². The Kier molecular flexibility index (Phi) is 2.39. The highest BCUT2D eigenvalue weighted by Crippen LogP contribution is 2.47. The summed E-state index contributed by atoms with van der Waals surface area (Å²) in [6, 6.07) is 0. The summed E-state index contributed by atoms with van der Waals surface area (Å²) in [4.78, 5) is 8.02. The van der Waals surface area contributed by atoms with E-state index in [-0.39, 0.29) is 0 Å². The lowest BCUT2D eigenvalue weighted by molar-refractivity contribution is 0.0948. The van der Waals surface area contributed by atoms with Gasteiger partial charge in [0.15, 0.2) is 0 Å². The van der Waals surface area contributed by atoms with E-state index in [0.29, 0.717) is 0 Å². The van der Waals surface area contributed by atoms with Crippen LogP contribution in [0.2, 0.25) is 0 Å². The normalized spacial score (nSPS) is 19.2. The molecule has 0 aromatic rings. The zero-order valence-corrected chi connectivity index (χ0v) is 6.48. The lowest BCUT2D eigenvalue weighted by Crippen LogP contribution is -2.15. The molecular weight excluding hydrogens is 146 g/mol. The first-order valence-electron chi connectivity index (χ1n) is 2.44. The van der Waals surface area contributed by atoms with Crippen molar-refractivity contribution in [2.24, 2.45) is 0 Å². The van der Waals surface area contributed by atoms with Crippen LogP contribution in [-0.4, -0.2) is 10.5 Å². The van der Waals surface area contributed by atoms with Gasteiger partial charge in [-0.2, -0.15) is 0 Å². The molecule has 0 saturated carbocycles. The lowest BCUT2D eigenvalue weighted by atomic mass is 10.2. The zero-order valence-electron chi connectivity index (χ0n) is 5.59. The summed E-state index contributed by atoms with van der Waals surface area (Å²) in [6.45, 7) is 4.49. The van der Waals surface area contributed by atoms with Crippen LogP contribution in [0.15, 0.2) is 0 Å². The van der Waals surface area contributed by atoms with Gasteiger partial charge >= 0.3 is 7.91 Å². The van der Waals surface area contributed by atoms with Gasteiger partial charge < -0.3 is 0 Å². The Labute approximate surface area is 53.5 Å². The molecule has 0 heterocycles. The molecule has 0 aliphatic heterocycles. The second-order valence-electron chi connectivity index (χ2n) is 2.66. The van der Waals surface area contributed by atoms with Crippen molar-refractivity contribution in [3.05, 3.63) is 0 Å². The third-order valence-electron chi connectivity index (χ3n) is 0.386. The minimum atomic E-state index is -4.79. The van der Waals surface area contributed by atoms with E-state index in [9.17, 15) is 8.76 Å². The molecule has 9 heavy (non-hydrogen) atoms. The van der Waals surface area contributed by atoms with E-state index in [1.54, 1.807) is 0 Å². The van der Waals surface area contributed by atoms with Crippen molar-refractivity contribution >= 4 is 7.91 Å². The van der Waals surface area contributed by atoms with E-state index < -0.39 is 13.5 Å². The molecule has 0 fully saturated rings. The van der Waals surface area contributed by atoms with Crippen molar-refractivity contribution in [2.45, 2.75) is 26.4 Å². The van der Waals surface area contributed by atoms with Crippen molar-refractivity contribution in [1.29, 1.82) is 0 Å². The SMILES string of the molecule is CC(C)(C)OP(=O)(O)F. The summed E-state index contributed by atoms with van der Waals surface area (Å²) in [7, 11) is -4.79. The minimum absolute atomic E-state index is 0.904. The summed E-state index contributed by atoms with van der Waals surface area (Å²) in [6.07, 6.45) is 0. The molecule has 0 aromatic heterocycles. The van der Waals surface area contributed by atoms with Gasteiger partial charge in [-0.3, -0.25) is 9.42 Å². The molecule has 3 nitrogen and oxygen atoms in total. The Bertz CT molecular complexity index is 133. The van der Waals surface area contributed by atoms with Gasteiger partial charge in [0.1, 0.15) is 0 Å². The second-order valence-corrected chi connectivity index (χ2v) is 3.74. The van der Waals surface area contributed by atoms with E-state index in [2.05, 4.69) is 4.52 Å². The fraction of sp³-hybridized carbons (Fsp3) is 1.00. The van der Waals surface area contributed by atoms with E-state index in [4.69, 9.17) is 4.89 Å². The third kappa shape index (κ3) is 8.08. The van der Waals surface area contributed by atoms with E-state index in [1.165, 1.54) is 20.8 Å². The van der Waals surface area contributed by atoms with Crippen LogP contribution in [0.25, 0.3) is 0 Å². The first-order chi connectivity index (χ1) is 3.71. The van der Waals surface area contributed by atoms with Crippen LogP contribution in [-0.2, 0) is 9.09 Å². The Morgan fingerprint density at radius 1 is 1.56 bits per heavy atom. The average Bonchev–Trinajstić information content (AvgIpc) is 1.14. The lowest BCUT2D eigenvalue weighted by Gasteiger charge is -2.17. The van der Waals surface area contributed by atoms with Gasteiger partial charge in [0.05, 0.1) is 5.60 Å². The predicted octanol–water partition coefficient (Wildman–Crippen LogP) is 1.87. The van der Waals surface area contributed by atoms with Crippen LogP contribution < -0.4 is 0 Å². The Balaban J connectivity index is 3.90. The largest absolute Gasteiger partial charge is 0.510 e. The summed E-state index contributed by atoms with van der Waals surface area (Å²) in [5, 5.41) is 0. The van der Waals surface area contributed by atoms with Gasteiger partial charge in [-0.1, -0.05) is 0 Å². The van der Waals surface area contributed by atoms with Gasteiger partial charge in [-0.15, -0.1) is 4.20 Å². The fourth-order valence-corrected chi connectivity index (χ4v) is 1.01. The van der Waals surface area contributed by atoms with Gasteiger partial charge in [-0.05, 0) is 20.8 Å². The molecule has 0 aliphatic rings. The highest BCUT2D eigenvalue weighted by atomic mass is 31.2. The standard InChI is InChI=1S/C4H10FO3P/c1-4(2,3)8-9(5,6)7/h1-3H3,(H,6,7). The molecule has 0 aliphatic carbocycles. The third-order valence-corrected chi connectivity index (χ3v) is 1.16. The van der Waals surface area contributed by atoms with Gasteiger partial charge in [-0.25, -0.2) is 4.57 Å². The van der Waals surface area contributed by atoms with Crippen LogP contribution in [0, 0.1) is 0 Å². The maximum absolute atomic E-state index is 11.8. The van der Waals surface area contributed by atoms with Crippen molar-refractivity contribution in [2.75, 3.05) is 0 Å². The number of rotatable bonds is 1. The monoisotopic (exact) mass is 156 g/mol. The van der Waals surface area contributed by atoms with Crippen LogP contribution in [0.3, 0.4) is 0 Å². The first kappa shape index (κ1) is 9.08. The van der Waals surface area contributed by atoms with Crippen molar-refractivity contribution in [3.8, 4) is 0 Å². The molecule has 0 radical (unpaired) electrons. The molecule has 1 N–H and O–H groups in total. The molecule has 0 bridgehead atoms. The number of hydrogen-bond donors (Lipinski definition) is 1. The summed E-state index contributed by atoms with van der Waals surface area (Å²) < 4.78 is 25.7. The summed E-state index contributed by atoms with van der Waals surface area (Å²) in [5.74, 6) is 0. The molecule has 5 heteroatoms. The Hall–Kier alpha value is 0.0800. The highest BCUT2D eigenvalue weighted by Gasteiger charge is 2.26. The van der Waals surface area contributed by atoms with Gasteiger partial charge in [0, 0.05) is 0 Å². The van der Waals surface area contributed by atoms with Crippen molar-refractivity contribution in [3.63, 3.8) is 0 Å². The topological polar surface area (TPSA) is 46.5 Å².